The van der Waals surface area contributed by atoms with Crippen LogP contribution in [0.25, 0.3) is 0 Å². The van der Waals surface area contributed by atoms with E-state index in [9.17, 15) is 4.79 Å². The maximum Gasteiger partial charge on any atom is 0.222 e. The Hall–Kier alpha value is -1.11. The summed E-state index contributed by atoms with van der Waals surface area (Å²) in [5.74, 6) is 1.34. The molecule has 3 rings (SSSR count). The second-order valence-corrected chi connectivity index (χ2v) is 7.18. The molecule has 0 N–H and O–H groups in total. The van der Waals surface area contributed by atoms with Crippen molar-refractivity contribution in [2.75, 3.05) is 32.9 Å². The second kappa shape index (κ2) is 8.83. The Kier molecular flexibility index (Phi) is 6.51. The lowest BCUT2D eigenvalue weighted by atomic mass is 9.97. The van der Waals surface area contributed by atoms with Gasteiger partial charge in [0.05, 0.1) is 19.8 Å². The van der Waals surface area contributed by atoms with E-state index in [0.717, 1.165) is 42.6 Å². The first-order chi connectivity index (χ1) is 11.7. The fourth-order valence-electron chi connectivity index (χ4n) is 3.24. The molecule has 1 atom stereocenters. The topological polar surface area (TPSA) is 48.0 Å². The lowest BCUT2D eigenvalue weighted by molar-refractivity contribution is -0.139. The van der Waals surface area contributed by atoms with Crippen molar-refractivity contribution in [1.29, 1.82) is 0 Å². The average Bonchev–Trinajstić information content (AvgIpc) is 3.13. The lowest BCUT2D eigenvalue weighted by Crippen LogP contribution is -2.43. The third kappa shape index (κ3) is 4.94. The van der Waals surface area contributed by atoms with Gasteiger partial charge < -0.3 is 19.1 Å². The highest BCUT2D eigenvalue weighted by molar-refractivity contribution is 9.10. The number of hydrogen-bond donors (Lipinski definition) is 0. The standard InChI is InChI=1S/C18H24BrNO4/c19-15-5-1-6-16(12-15)22-9-3-7-17(21)20-8-2-4-14(13-20)18-23-10-11-24-18/h1,5-6,12,14,18H,2-4,7-11,13H2. The smallest absolute Gasteiger partial charge is 0.222 e. The van der Waals surface area contributed by atoms with Crippen LogP contribution in [-0.4, -0.2) is 50.0 Å². The Balaban J connectivity index is 1.38. The largest absolute Gasteiger partial charge is 0.494 e. The summed E-state index contributed by atoms with van der Waals surface area (Å²) < 4.78 is 17.9. The van der Waals surface area contributed by atoms with Gasteiger partial charge in [0.25, 0.3) is 0 Å². The number of nitrogens with zero attached hydrogens (tertiary/aromatic N) is 1. The average molecular weight is 398 g/mol. The SMILES string of the molecule is O=C(CCCOc1cccc(Br)c1)N1CCCC(C2OCCO2)C1. The van der Waals surface area contributed by atoms with Crippen molar-refractivity contribution in [2.24, 2.45) is 5.92 Å². The molecule has 2 aliphatic rings. The van der Waals surface area contributed by atoms with Gasteiger partial charge in [0.1, 0.15) is 5.75 Å². The zero-order valence-corrected chi connectivity index (χ0v) is 15.4. The minimum Gasteiger partial charge on any atom is -0.494 e. The summed E-state index contributed by atoms with van der Waals surface area (Å²) in [5, 5.41) is 0. The van der Waals surface area contributed by atoms with Crippen LogP contribution in [0, 0.1) is 5.92 Å². The van der Waals surface area contributed by atoms with Gasteiger partial charge in [-0.3, -0.25) is 4.79 Å². The minimum atomic E-state index is -0.125. The van der Waals surface area contributed by atoms with Crippen LogP contribution in [0.4, 0.5) is 0 Å². The quantitative estimate of drug-likeness (QED) is 0.691. The lowest BCUT2D eigenvalue weighted by Gasteiger charge is -2.34. The maximum absolute atomic E-state index is 12.4. The molecule has 0 bridgehead atoms. The first-order valence-electron chi connectivity index (χ1n) is 8.62. The summed E-state index contributed by atoms with van der Waals surface area (Å²) in [4.78, 5) is 14.4. The first-order valence-corrected chi connectivity index (χ1v) is 9.41. The highest BCUT2D eigenvalue weighted by Gasteiger charge is 2.32. The van der Waals surface area contributed by atoms with Crippen molar-refractivity contribution >= 4 is 21.8 Å². The molecule has 2 aliphatic heterocycles. The predicted octanol–water partition coefficient (Wildman–Crippen LogP) is 3.22. The molecule has 1 unspecified atom stereocenters. The molecule has 1 aromatic carbocycles. The molecule has 24 heavy (non-hydrogen) atoms. The van der Waals surface area contributed by atoms with Crippen LogP contribution < -0.4 is 4.74 Å². The van der Waals surface area contributed by atoms with E-state index in [1.807, 2.05) is 29.2 Å². The number of rotatable bonds is 6. The molecule has 0 aromatic heterocycles. The number of hydrogen-bond acceptors (Lipinski definition) is 4. The number of amides is 1. The molecule has 0 saturated carbocycles. The van der Waals surface area contributed by atoms with E-state index < -0.39 is 0 Å². The molecule has 2 heterocycles. The molecule has 132 valence electrons. The predicted molar refractivity (Wildman–Crippen MR) is 93.9 cm³/mol. The van der Waals surface area contributed by atoms with E-state index in [2.05, 4.69) is 15.9 Å². The maximum atomic E-state index is 12.4. The van der Waals surface area contributed by atoms with Gasteiger partial charge in [-0.2, -0.15) is 0 Å². The van der Waals surface area contributed by atoms with E-state index in [1.165, 1.54) is 0 Å². The van der Waals surface area contributed by atoms with E-state index in [-0.39, 0.29) is 12.2 Å². The Labute approximate surface area is 151 Å². The van der Waals surface area contributed by atoms with Crippen LogP contribution in [0.15, 0.2) is 28.7 Å². The van der Waals surface area contributed by atoms with E-state index >= 15 is 0 Å². The first kappa shape index (κ1) is 17.7. The summed E-state index contributed by atoms with van der Waals surface area (Å²) in [6, 6.07) is 7.74. The Bertz CT molecular complexity index is 548. The molecule has 0 aliphatic carbocycles. The van der Waals surface area contributed by atoms with E-state index in [1.54, 1.807) is 0 Å². The molecule has 5 nitrogen and oxygen atoms in total. The number of piperidine rings is 1. The van der Waals surface area contributed by atoms with Crippen LogP contribution in [0.1, 0.15) is 25.7 Å². The molecule has 1 aromatic rings. The number of carbonyl (C=O) groups is 1. The zero-order valence-electron chi connectivity index (χ0n) is 13.8. The fraction of sp³-hybridized carbons (Fsp3) is 0.611. The Morgan fingerprint density at radius 3 is 2.96 bits per heavy atom. The summed E-state index contributed by atoms with van der Waals surface area (Å²) in [7, 11) is 0. The Morgan fingerprint density at radius 1 is 1.33 bits per heavy atom. The van der Waals surface area contributed by atoms with Gasteiger partial charge in [-0.25, -0.2) is 0 Å². The van der Waals surface area contributed by atoms with E-state index in [4.69, 9.17) is 14.2 Å². The molecule has 2 fully saturated rings. The van der Waals surface area contributed by atoms with Gasteiger partial charge in [0.2, 0.25) is 5.91 Å². The minimum absolute atomic E-state index is 0.125. The van der Waals surface area contributed by atoms with E-state index in [0.29, 0.717) is 32.2 Å². The number of likely N-dealkylation sites (tertiary alicyclic amines) is 1. The van der Waals surface area contributed by atoms with Gasteiger partial charge in [-0.15, -0.1) is 0 Å². The molecular weight excluding hydrogens is 374 g/mol. The molecular formula is C18H24BrNO4. The van der Waals surface area contributed by atoms with Gasteiger partial charge >= 0.3 is 0 Å². The molecule has 2 saturated heterocycles. The number of halogens is 1. The van der Waals surface area contributed by atoms with Crippen molar-refractivity contribution in [1.82, 2.24) is 4.90 Å². The molecule has 0 radical (unpaired) electrons. The van der Waals surface area contributed by atoms with Crippen LogP contribution >= 0.6 is 15.9 Å². The fourth-order valence-corrected chi connectivity index (χ4v) is 3.61. The van der Waals surface area contributed by atoms with Gasteiger partial charge in [0, 0.05) is 29.9 Å². The summed E-state index contributed by atoms with van der Waals surface area (Å²) in [6.07, 6.45) is 3.21. The number of ether oxygens (including phenoxy) is 3. The van der Waals surface area contributed by atoms with Gasteiger partial charge in [-0.05, 0) is 37.5 Å². The molecule has 0 spiro atoms. The third-order valence-corrected chi connectivity index (χ3v) is 4.94. The van der Waals surface area contributed by atoms with Crippen LogP contribution in [-0.2, 0) is 14.3 Å². The third-order valence-electron chi connectivity index (χ3n) is 4.44. The van der Waals surface area contributed by atoms with Crippen molar-refractivity contribution < 1.29 is 19.0 Å². The van der Waals surface area contributed by atoms with Gasteiger partial charge in [0.15, 0.2) is 6.29 Å². The van der Waals surface area contributed by atoms with Crippen LogP contribution in [0.5, 0.6) is 5.75 Å². The van der Waals surface area contributed by atoms with Crippen molar-refractivity contribution in [3.8, 4) is 5.75 Å². The molecule has 6 heteroatoms. The summed E-state index contributed by atoms with van der Waals surface area (Å²) in [5.41, 5.74) is 0. The summed E-state index contributed by atoms with van der Waals surface area (Å²) in [6.45, 7) is 3.48. The number of carbonyl (C=O) groups excluding carboxylic acids is 1. The highest BCUT2D eigenvalue weighted by atomic mass is 79.9. The Morgan fingerprint density at radius 2 is 2.17 bits per heavy atom. The normalized spacial score (nSPS) is 21.9. The monoisotopic (exact) mass is 397 g/mol. The van der Waals surface area contributed by atoms with Crippen LogP contribution in [0.2, 0.25) is 0 Å². The highest BCUT2D eigenvalue weighted by Crippen LogP contribution is 2.25. The van der Waals surface area contributed by atoms with Crippen LogP contribution in [0.3, 0.4) is 0 Å². The summed E-state index contributed by atoms with van der Waals surface area (Å²) >= 11 is 3.42. The molecule has 1 amide bonds. The van der Waals surface area contributed by atoms with Crippen molar-refractivity contribution in [3.63, 3.8) is 0 Å². The number of benzene rings is 1. The zero-order chi connectivity index (χ0) is 16.8. The van der Waals surface area contributed by atoms with Crippen molar-refractivity contribution in [2.45, 2.75) is 32.0 Å². The van der Waals surface area contributed by atoms with Crippen molar-refractivity contribution in [3.05, 3.63) is 28.7 Å². The van der Waals surface area contributed by atoms with Gasteiger partial charge in [-0.1, -0.05) is 22.0 Å². The second-order valence-electron chi connectivity index (χ2n) is 6.26.